The highest BCUT2D eigenvalue weighted by atomic mass is 32.2. The van der Waals surface area contributed by atoms with Gasteiger partial charge in [-0.3, -0.25) is 14.2 Å². The Kier molecular flexibility index (Phi) is 7.55. The van der Waals surface area contributed by atoms with E-state index < -0.39 is 12.5 Å². The first-order valence-corrected chi connectivity index (χ1v) is 10.3. The van der Waals surface area contributed by atoms with Gasteiger partial charge in [-0.1, -0.05) is 30.0 Å². The molecule has 1 heterocycles. The molecule has 2 amide bonds. The number of halogens is 2. The van der Waals surface area contributed by atoms with Crippen molar-refractivity contribution in [1.82, 2.24) is 14.8 Å². The van der Waals surface area contributed by atoms with Crippen LogP contribution < -0.4 is 15.8 Å². The molecule has 3 rings (SSSR count). The fraction of sp³-hybridized carbons (Fsp3) is 0.143. The van der Waals surface area contributed by atoms with Gasteiger partial charge in [-0.25, -0.2) is 0 Å². The number of thioether (sulfide) groups is 1. The molecule has 0 saturated heterocycles. The molecule has 0 unspecified atom stereocenters. The number of nitrogens with zero attached hydrogens (tertiary/aromatic N) is 3. The van der Waals surface area contributed by atoms with Crippen molar-refractivity contribution in [2.45, 2.75) is 18.3 Å². The van der Waals surface area contributed by atoms with Crippen LogP contribution >= 0.6 is 11.8 Å². The van der Waals surface area contributed by atoms with Crippen LogP contribution in [-0.4, -0.2) is 38.9 Å². The van der Waals surface area contributed by atoms with Crippen LogP contribution in [0.15, 0.2) is 66.3 Å². The van der Waals surface area contributed by atoms with E-state index in [1.807, 2.05) is 0 Å². The second-order valence-electron chi connectivity index (χ2n) is 6.36. The molecule has 0 aliphatic rings. The molecule has 0 saturated carbocycles. The zero-order valence-electron chi connectivity index (χ0n) is 16.7. The highest BCUT2D eigenvalue weighted by Crippen LogP contribution is 2.26. The van der Waals surface area contributed by atoms with Gasteiger partial charge in [-0.05, 0) is 36.4 Å². The van der Waals surface area contributed by atoms with Crippen LogP contribution in [0.5, 0.6) is 5.75 Å². The first kappa shape index (κ1) is 22.9. The fourth-order valence-corrected chi connectivity index (χ4v) is 3.56. The molecule has 2 aromatic carbocycles. The number of alkyl halides is 2. The van der Waals surface area contributed by atoms with Crippen LogP contribution in [0.3, 0.4) is 0 Å². The predicted molar refractivity (Wildman–Crippen MR) is 117 cm³/mol. The predicted octanol–water partition coefficient (Wildman–Crippen LogP) is 3.56. The summed E-state index contributed by atoms with van der Waals surface area (Å²) in [5, 5.41) is 11.4. The monoisotopic (exact) mass is 459 g/mol. The van der Waals surface area contributed by atoms with Crippen molar-refractivity contribution in [3.05, 3.63) is 66.7 Å². The number of hydrogen-bond donors (Lipinski definition) is 2. The second-order valence-corrected chi connectivity index (χ2v) is 7.30. The van der Waals surface area contributed by atoms with Crippen molar-refractivity contribution < 1.29 is 23.1 Å². The summed E-state index contributed by atoms with van der Waals surface area (Å²) in [4.78, 5) is 23.9. The van der Waals surface area contributed by atoms with E-state index in [9.17, 15) is 18.4 Å². The smallest absolute Gasteiger partial charge is 0.387 e. The van der Waals surface area contributed by atoms with Crippen molar-refractivity contribution in [3.63, 3.8) is 0 Å². The van der Waals surface area contributed by atoms with E-state index in [-0.39, 0.29) is 23.0 Å². The number of aromatic nitrogens is 3. The molecular formula is C21H19F2N5O3S. The van der Waals surface area contributed by atoms with E-state index >= 15 is 0 Å². The molecule has 0 bridgehead atoms. The number of carbonyl (C=O) groups is 2. The van der Waals surface area contributed by atoms with E-state index in [0.717, 1.165) is 11.8 Å². The number of carbonyl (C=O) groups excluding carboxylic acids is 2. The van der Waals surface area contributed by atoms with Gasteiger partial charge < -0.3 is 15.8 Å². The molecule has 0 aliphatic carbocycles. The Morgan fingerprint density at radius 3 is 2.56 bits per heavy atom. The molecule has 1 aromatic heterocycles. The average Bonchev–Trinajstić information content (AvgIpc) is 3.15. The number of benzene rings is 2. The maximum atomic E-state index is 12.4. The van der Waals surface area contributed by atoms with Crippen molar-refractivity contribution in [1.29, 1.82) is 0 Å². The topological polar surface area (TPSA) is 112 Å². The van der Waals surface area contributed by atoms with Crippen molar-refractivity contribution in [2.24, 2.45) is 5.73 Å². The number of hydrogen-bond acceptors (Lipinski definition) is 6. The third-order valence-electron chi connectivity index (χ3n) is 4.17. The lowest BCUT2D eigenvalue weighted by Crippen LogP contribution is -2.19. The van der Waals surface area contributed by atoms with Crippen molar-refractivity contribution >= 4 is 29.3 Å². The molecule has 0 radical (unpaired) electrons. The molecule has 166 valence electrons. The quantitative estimate of drug-likeness (QED) is 0.354. The maximum Gasteiger partial charge on any atom is 0.387 e. The Bertz CT molecular complexity index is 1120. The molecule has 3 aromatic rings. The van der Waals surface area contributed by atoms with E-state index in [1.165, 1.54) is 18.2 Å². The first-order chi connectivity index (χ1) is 15.4. The average molecular weight is 459 g/mol. The zero-order chi connectivity index (χ0) is 23.1. The number of primary amides is 1. The van der Waals surface area contributed by atoms with Crippen LogP contribution in [0, 0.1) is 0 Å². The Morgan fingerprint density at radius 2 is 1.91 bits per heavy atom. The number of para-hydroxylation sites is 1. The van der Waals surface area contributed by atoms with Crippen LogP contribution in [0.4, 0.5) is 14.5 Å². The van der Waals surface area contributed by atoms with Gasteiger partial charge in [0.25, 0.3) is 5.91 Å². The second kappa shape index (κ2) is 10.5. The molecule has 32 heavy (non-hydrogen) atoms. The summed E-state index contributed by atoms with van der Waals surface area (Å²) in [5.41, 5.74) is 6.49. The molecule has 11 heteroatoms. The van der Waals surface area contributed by atoms with Gasteiger partial charge in [0.2, 0.25) is 5.91 Å². The number of nitrogens with one attached hydrogen (secondary N) is 1. The number of ether oxygens (including phenoxy) is 1. The SMILES string of the molecule is C=CCn1c(SCC(=O)Nc2ccccc2C(N)=O)nnc1-c1ccc(OC(F)F)cc1. The number of nitrogens with two attached hydrogens (primary N) is 1. The number of allylic oxidation sites excluding steroid dienone is 1. The number of rotatable bonds is 10. The van der Waals surface area contributed by atoms with Crippen LogP contribution in [0.1, 0.15) is 10.4 Å². The Balaban J connectivity index is 1.72. The first-order valence-electron chi connectivity index (χ1n) is 9.30. The van der Waals surface area contributed by atoms with E-state index in [0.29, 0.717) is 28.8 Å². The highest BCUT2D eigenvalue weighted by molar-refractivity contribution is 7.99. The van der Waals surface area contributed by atoms with E-state index in [2.05, 4.69) is 26.8 Å². The van der Waals surface area contributed by atoms with Gasteiger partial charge in [0.05, 0.1) is 17.0 Å². The minimum atomic E-state index is -2.91. The minimum absolute atomic E-state index is 0.00351. The van der Waals surface area contributed by atoms with Gasteiger partial charge in [0.15, 0.2) is 11.0 Å². The van der Waals surface area contributed by atoms with Crippen molar-refractivity contribution in [3.8, 4) is 17.1 Å². The zero-order valence-corrected chi connectivity index (χ0v) is 17.5. The van der Waals surface area contributed by atoms with E-state index in [4.69, 9.17) is 5.73 Å². The molecule has 0 fully saturated rings. The lowest BCUT2D eigenvalue weighted by atomic mass is 10.1. The van der Waals surface area contributed by atoms with Gasteiger partial charge in [0.1, 0.15) is 5.75 Å². The van der Waals surface area contributed by atoms with Crippen LogP contribution in [0.25, 0.3) is 11.4 Å². The minimum Gasteiger partial charge on any atom is -0.435 e. The molecule has 0 aliphatic heterocycles. The summed E-state index contributed by atoms with van der Waals surface area (Å²) < 4.78 is 30.8. The largest absolute Gasteiger partial charge is 0.435 e. The van der Waals surface area contributed by atoms with Crippen molar-refractivity contribution in [2.75, 3.05) is 11.1 Å². The third-order valence-corrected chi connectivity index (χ3v) is 5.13. The summed E-state index contributed by atoms with van der Waals surface area (Å²) in [6.07, 6.45) is 1.65. The third kappa shape index (κ3) is 5.70. The summed E-state index contributed by atoms with van der Waals surface area (Å²) in [7, 11) is 0. The fourth-order valence-electron chi connectivity index (χ4n) is 2.81. The van der Waals surface area contributed by atoms with Gasteiger partial charge in [-0.15, -0.1) is 16.8 Å². The van der Waals surface area contributed by atoms with E-state index in [1.54, 1.807) is 41.0 Å². The van der Waals surface area contributed by atoms with Gasteiger partial charge in [0, 0.05) is 12.1 Å². The number of anilines is 1. The summed E-state index contributed by atoms with van der Waals surface area (Å²) >= 11 is 1.15. The summed E-state index contributed by atoms with van der Waals surface area (Å²) in [5.74, 6) is -0.485. The Morgan fingerprint density at radius 1 is 1.19 bits per heavy atom. The molecule has 0 spiro atoms. The Labute approximate surface area is 186 Å². The molecule has 0 atom stereocenters. The lowest BCUT2D eigenvalue weighted by Gasteiger charge is -2.10. The number of amides is 2. The molecule has 8 nitrogen and oxygen atoms in total. The van der Waals surface area contributed by atoms with Crippen LogP contribution in [-0.2, 0) is 11.3 Å². The standard InChI is InChI=1S/C21H19F2N5O3S/c1-2-11-28-19(13-7-9-14(10-8-13)31-20(22)23)26-27-21(28)32-12-17(29)25-16-6-4-3-5-15(16)18(24)30/h2-10,20H,1,11-12H2,(H2,24,30)(H,25,29). The normalized spacial score (nSPS) is 10.7. The Hall–Kier alpha value is -3.73. The van der Waals surface area contributed by atoms with Gasteiger partial charge in [-0.2, -0.15) is 8.78 Å². The lowest BCUT2D eigenvalue weighted by molar-refractivity contribution is -0.113. The maximum absolute atomic E-state index is 12.4. The van der Waals surface area contributed by atoms with Crippen LogP contribution in [0.2, 0.25) is 0 Å². The molecular weight excluding hydrogens is 440 g/mol. The highest BCUT2D eigenvalue weighted by Gasteiger charge is 2.16. The van der Waals surface area contributed by atoms with Gasteiger partial charge >= 0.3 is 6.61 Å². The molecule has 3 N–H and O–H groups in total. The summed E-state index contributed by atoms with van der Waals surface area (Å²) in [6.45, 7) is 1.18. The summed E-state index contributed by atoms with van der Waals surface area (Å²) in [6, 6.07) is 12.4.